The first-order valence-electron chi connectivity index (χ1n) is 4.91. The molecule has 2 heteroatoms. The van der Waals surface area contributed by atoms with Crippen LogP contribution in [0.5, 0.6) is 5.75 Å². The van der Waals surface area contributed by atoms with Crippen LogP contribution in [-0.4, -0.2) is 12.1 Å². The average Bonchev–Trinajstić information content (AvgIpc) is 2.58. The Bertz CT molecular complexity index is 457. The summed E-state index contributed by atoms with van der Waals surface area (Å²) < 4.78 is 5.28. The Hall–Kier alpha value is -1.44. The highest BCUT2D eigenvalue weighted by Crippen LogP contribution is 2.25. The third kappa shape index (κ3) is 1.37. The molecule has 1 aromatic heterocycles. The summed E-state index contributed by atoms with van der Waals surface area (Å²) in [5, 5.41) is 1.26. The molecular weight excluding hydrogens is 174 g/mol. The molecule has 2 nitrogen and oxygen atoms in total. The fourth-order valence-corrected chi connectivity index (χ4v) is 1.75. The van der Waals surface area contributed by atoms with Gasteiger partial charge >= 0.3 is 0 Å². The lowest BCUT2D eigenvalue weighted by molar-refractivity contribution is 0.412. The van der Waals surface area contributed by atoms with E-state index in [1.165, 1.54) is 16.6 Å². The van der Waals surface area contributed by atoms with Gasteiger partial charge in [0.2, 0.25) is 0 Å². The van der Waals surface area contributed by atoms with E-state index in [0.717, 1.165) is 17.7 Å². The summed E-state index contributed by atoms with van der Waals surface area (Å²) in [5.74, 6) is 0.946. The second kappa shape index (κ2) is 3.37. The van der Waals surface area contributed by atoms with Gasteiger partial charge in [-0.3, -0.25) is 0 Å². The molecular formula is C12H15NO. The lowest BCUT2D eigenvalue weighted by atomic mass is 10.1. The molecule has 0 saturated heterocycles. The summed E-state index contributed by atoms with van der Waals surface area (Å²) in [6.07, 6.45) is 1.04. The smallest absolute Gasteiger partial charge is 0.123 e. The molecule has 0 radical (unpaired) electrons. The molecule has 0 aliphatic carbocycles. The minimum Gasteiger partial charge on any atom is -0.496 e. The van der Waals surface area contributed by atoms with Gasteiger partial charge in [0.05, 0.1) is 7.11 Å². The molecule has 0 amide bonds. The van der Waals surface area contributed by atoms with Crippen molar-refractivity contribution in [1.29, 1.82) is 0 Å². The third-order valence-corrected chi connectivity index (χ3v) is 2.57. The Labute approximate surface area is 83.9 Å². The van der Waals surface area contributed by atoms with Gasteiger partial charge in [-0.25, -0.2) is 0 Å². The number of aryl methyl sites for hydroxylation is 2. The summed E-state index contributed by atoms with van der Waals surface area (Å²) in [6, 6.07) is 6.41. The Kier molecular flexibility index (Phi) is 2.20. The Balaban J connectivity index is 2.64. The maximum atomic E-state index is 5.28. The first kappa shape index (κ1) is 9.13. The van der Waals surface area contributed by atoms with E-state index >= 15 is 0 Å². The van der Waals surface area contributed by atoms with Gasteiger partial charge in [-0.05, 0) is 31.0 Å². The summed E-state index contributed by atoms with van der Waals surface area (Å²) >= 11 is 0. The molecule has 0 unspecified atom stereocenters. The topological polar surface area (TPSA) is 25.0 Å². The molecule has 1 N–H and O–H groups in total. The third-order valence-electron chi connectivity index (χ3n) is 2.57. The monoisotopic (exact) mass is 189 g/mol. The molecule has 0 aliphatic heterocycles. The molecule has 2 rings (SSSR count). The van der Waals surface area contributed by atoms with Crippen molar-refractivity contribution in [1.82, 2.24) is 4.98 Å². The summed E-state index contributed by atoms with van der Waals surface area (Å²) in [7, 11) is 1.71. The Morgan fingerprint density at radius 3 is 2.71 bits per heavy atom. The van der Waals surface area contributed by atoms with Gasteiger partial charge in [0.1, 0.15) is 5.75 Å². The molecule has 0 fully saturated rings. The zero-order chi connectivity index (χ0) is 10.1. The van der Waals surface area contributed by atoms with E-state index in [1.807, 2.05) is 0 Å². The zero-order valence-electron chi connectivity index (χ0n) is 8.85. The first-order chi connectivity index (χ1) is 6.74. The van der Waals surface area contributed by atoms with Crippen molar-refractivity contribution in [3.63, 3.8) is 0 Å². The van der Waals surface area contributed by atoms with Crippen LogP contribution in [0.4, 0.5) is 0 Å². The van der Waals surface area contributed by atoms with E-state index in [9.17, 15) is 0 Å². The average molecular weight is 189 g/mol. The number of nitrogens with one attached hydrogen (secondary N) is 1. The zero-order valence-corrected chi connectivity index (χ0v) is 8.85. The van der Waals surface area contributed by atoms with Crippen LogP contribution in [0.15, 0.2) is 18.2 Å². The van der Waals surface area contributed by atoms with Crippen molar-refractivity contribution >= 4 is 10.9 Å². The van der Waals surface area contributed by atoms with Crippen molar-refractivity contribution in [2.45, 2.75) is 20.3 Å². The Morgan fingerprint density at radius 2 is 2.07 bits per heavy atom. The van der Waals surface area contributed by atoms with Gasteiger partial charge in [-0.15, -0.1) is 0 Å². The second-order valence-corrected chi connectivity index (χ2v) is 3.56. The maximum Gasteiger partial charge on any atom is 0.123 e. The van der Waals surface area contributed by atoms with E-state index in [2.05, 4.69) is 37.0 Å². The van der Waals surface area contributed by atoms with Crippen LogP contribution in [0.1, 0.15) is 18.2 Å². The van der Waals surface area contributed by atoms with E-state index in [0.29, 0.717) is 0 Å². The predicted octanol–water partition coefficient (Wildman–Crippen LogP) is 3.05. The second-order valence-electron chi connectivity index (χ2n) is 3.56. The standard InChI is InChI=1S/C12H15NO/c1-4-10-6-9-5-8(2)12(14-3)7-11(9)13-10/h5-7,13H,4H2,1-3H3. The SMILES string of the molecule is CCc1cc2cc(C)c(OC)cc2[nH]1. The van der Waals surface area contributed by atoms with E-state index < -0.39 is 0 Å². The van der Waals surface area contributed by atoms with E-state index in [4.69, 9.17) is 4.74 Å². The fourth-order valence-electron chi connectivity index (χ4n) is 1.75. The van der Waals surface area contributed by atoms with Crippen LogP contribution < -0.4 is 4.74 Å². The number of methoxy groups -OCH3 is 1. The minimum atomic E-state index is 0.946. The molecule has 0 bridgehead atoms. The maximum absolute atomic E-state index is 5.28. The summed E-state index contributed by atoms with van der Waals surface area (Å²) in [6.45, 7) is 4.21. The number of aromatic amines is 1. The van der Waals surface area contributed by atoms with Crippen LogP contribution in [0.25, 0.3) is 10.9 Å². The lowest BCUT2D eigenvalue weighted by Gasteiger charge is -2.03. The van der Waals surface area contributed by atoms with Gasteiger partial charge < -0.3 is 9.72 Å². The van der Waals surface area contributed by atoms with Gasteiger partial charge in [0.25, 0.3) is 0 Å². The molecule has 0 atom stereocenters. The molecule has 0 saturated carbocycles. The first-order valence-corrected chi connectivity index (χ1v) is 4.91. The number of H-pyrrole nitrogens is 1. The van der Waals surface area contributed by atoms with E-state index in [-0.39, 0.29) is 0 Å². The fraction of sp³-hybridized carbons (Fsp3) is 0.333. The Morgan fingerprint density at radius 1 is 1.29 bits per heavy atom. The van der Waals surface area contributed by atoms with Crippen LogP contribution >= 0.6 is 0 Å². The van der Waals surface area contributed by atoms with Crippen LogP contribution in [0.3, 0.4) is 0 Å². The van der Waals surface area contributed by atoms with Gasteiger partial charge in [0, 0.05) is 22.7 Å². The largest absolute Gasteiger partial charge is 0.496 e. The molecule has 0 aliphatic rings. The van der Waals surface area contributed by atoms with Crippen LogP contribution in [0.2, 0.25) is 0 Å². The highest BCUT2D eigenvalue weighted by Gasteiger charge is 2.03. The van der Waals surface area contributed by atoms with Crippen molar-refractivity contribution in [2.24, 2.45) is 0 Å². The molecule has 74 valence electrons. The van der Waals surface area contributed by atoms with E-state index in [1.54, 1.807) is 7.11 Å². The predicted molar refractivity (Wildman–Crippen MR) is 59.0 cm³/mol. The highest BCUT2D eigenvalue weighted by atomic mass is 16.5. The van der Waals surface area contributed by atoms with Crippen molar-refractivity contribution in [2.75, 3.05) is 7.11 Å². The normalized spacial score (nSPS) is 10.8. The molecule has 1 aromatic carbocycles. The number of fused-ring (bicyclic) bond motifs is 1. The van der Waals surface area contributed by atoms with Crippen LogP contribution in [-0.2, 0) is 6.42 Å². The number of ether oxygens (including phenoxy) is 1. The van der Waals surface area contributed by atoms with Crippen molar-refractivity contribution < 1.29 is 4.74 Å². The number of hydrogen-bond donors (Lipinski definition) is 1. The van der Waals surface area contributed by atoms with Gasteiger partial charge in [-0.2, -0.15) is 0 Å². The summed E-state index contributed by atoms with van der Waals surface area (Å²) in [4.78, 5) is 3.37. The lowest BCUT2D eigenvalue weighted by Crippen LogP contribution is -1.86. The van der Waals surface area contributed by atoms with Gasteiger partial charge in [0.15, 0.2) is 0 Å². The number of hydrogen-bond acceptors (Lipinski definition) is 1. The number of benzene rings is 1. The molecule has 0 spiro atoms. The van der Waals surface area contributed by atoms with Gasteiger partial charge in [-0.1, -0.05) is 6.92 Å². The minimum absolute atomic E-state index is 0.946. The number of rotatable bonds is 2. The quantitative estimate of drug-likeness (QED) is 0.771. The summed E-state index contributed by atoms with van der Waals surface area (Å²) in [5.41, 5.74) is 3.61. The molecule has 14 heavy (non-hydrogen) atoms. The van der Waals surface area contributed by atoms with Crippen LogP contribution in [0, 0.1) is 6.92 Å². The highest BCUT2D eigenvalue weighted by molar-refractivity contribution is 5.83. The molecule has 2 aromatic rings. The van der Waals surface area contributed by atoms with Crippen molar-refractivity contribution in [3.8, 4) is 5.75 Å². The number of aromatic nitrogens is 1. The van der Waals surface area contributed by atoms with Crippen molar-refractivity contribution in [3.05, 3.63) is 29.5 Å². The molecule has 1 heterocycles.